The van der Waals surface area contributed by atoms with Crippen LogP contribution in [0.4, 0.5) is 5.69 Å². The van der Waals surface area contributed by atoms with Crippen LogP contribution in [0.5, 0.6) is 11.5 Å². The van der Waals surface area contributed by atoms with E-state index in [9.17, 15) is 10.1 Å². The lowest BCUT2D eigenvalue weighted by Gasteiger charge is -2.10. The first-order valence-electron chi connectivity index (χ1n) is 5.95. The third-order valence-corrected chi connectivity index (χ3v) is 3.07. The van der Waals surface area contributed by atoms with Gasteiger partial charge in [-0.25, -0.2) is 0 Å². The Kier molecular flexibility index (Phi) is 3.67. The van der Waals surface area contributed by atoms with E-state index in [4.69, 9.17) is 10.00 Å². The molecule has 5 heteroatoms. The molecule has 0 aliphatic carbocycles. The van der Waals surface area contributed by atoms with E-state index in [1.807, 2.05) is 38.1 Å². The van der Waals surface area contributed by atoms with Crippen LogP contribution in [0.3, 0.4) is 0 Å². The molecule has 0 saturated heterocycles. The summed E-state index contributed by atoms with van der Waals surface area (Å²) in [6.45, 7) is 3.90. The van der Waals surface area contributed by atoms with Crippen LogP contribution >= 0.6 is 0 Å². The highest BCUT2D eigenvalue weighted by molar-refractivity contribution is 5.53. The fraction of sp³-hybridized carbons (Fsp3) is 0.133. The summed E-state index contributed by atoms with van der Waals surface area (Å²) >= 11 is 0. The van der Waals surface area contributed by atoms with E-state index >= 15 is 0 Å². The van der Waals surface area contributed by atoms with E-state index < -0.39 is 4.92 Å². The molecule has 0 saturated carbocycles. The van der Waals surface area contributed by atoms with E-state index in [0.717, 1.165) is 11.1 Å². The Balaban J connectivity index is 2.38. The molecule has 0 radical (unpaired) electrons. The number of nitriles is 1. The molecular formula is C15H12N2O3. The Morgan fingerprint density at radius 1 is 1.25 bits per heavy atom. The number of benzene rings is 2. The molecule has 0 bridgehead atoms. The Morgan fingerprint density at radius 3 is 2.65 bits per heavy atom. The van der Waals surface area contributed by atoms with Crippen molar-refractivity contribution < 1.29 is 9.66 Å². The summed E-state index contributed by atoms with van der Waals surface area (Å²) in [5.41, 5.74) is 1.84. The molecule has 0 aliphatic heterocycles. The lowest BCUT2D eigenvalue weighted by Crippen LogP contribution is -1.94. The first-order valence-corrected chi connectivity index (χ1v) is 5.95. The second-order valence-corrected chi connectivity index (χ2v) is 4.35. The predicted molar refractivity (Wildman–Crippen MR) is 73.8 cm³/mol. The van der Waals surface area contributed by atoms with E-state index in [-0.39, 0.29) is 11.3 Å². The molecule has 2 rings (SSSR count). The van der Waals surface area contributed by atoms with E-state index in [2.05, 4.69) is 0 Å². The molecule has 0 fully saturated rings. The molecule has 0 N–H and O–H groups in total. The molecule has 0 unspecified atom stereocenters. The van der Waals surface area contributed by atoms with Crippen LogP contribution in [-0.4, -0.2) is 4.92 Å². The maximum atomic E-state index is 10.8. The van der Waals surface area contributed by atoms with Gasteiger partial charge >= 0.3 is 0 Å². The van der Waals surface area contributed by atoms with E-state index in [1.165, 1.54) is 18.2 Å². The Morgan fingerprint density at radius 2 is 2.00 bits per heavy atom. The molecule has 2 aromatic carbocycles. The molecule has 0 heterocycles. The summed E-state index contributed by atoms with van der Waals surface area (Å²) in [5.74, 6) is 1.07. The first-order chi connectivity index (χ1) is 9.52. The second-order valence-electron chi connectivity index (χ2n) is 4.35. The van der Waals surface area contributed by atoms with Crippen molar-refractivity contribution in [3.63, 3.8) is 0 Å². The van der Waals surface area contributed by atoms with Gasteiger partial charge in [0.1, 0.15) is 23.1 Å². The van der Waals surface area contributed by atoms with Gasteiger partial charge in [-0.3, -0.25) is 10.1 Å². The van der Waals surface area contributed by atoms with Gasteiger partial charge in [0.25, 0.3) is 5.69 Å². The molecule has 5 nitrogen and oxygen atoms in total. The number of rotatable bonds is 3. The van der Waals surface area contributed by atoms with Gasteiger partial charge in [-0.1, -0.05) is 12.1 Å². The number of nitro benzene ring substituents is 1. The fourth-order valence-electron chi connectivity index (χ4n) is 1.79. The average molecular weight is 268 g/mol. The highest BCUT2D eigenvalue weighted by atomic mass is 16.6. The highest BCUT2D eigenvalue weighted by Crippen LogP contribution is 2.29. The van der Waals surface area contributed by atoms with Crippen LogP contribution in [0.1, 0.15) is 16.7 Å². The zero-order valence-electron chi connectivity index (χ0n) is 11.1. The normalized spacial score (nSPS) is 9.85. The molecule has 0 amide bonds. The van der Waals surface area contributed by atoms with Gasteiger partial charge in [0.05, 0.1) is 4.92 Å². The molecule has 2 aromatic rings. The molecule has 20 heavy (non-hydrogen) atoms. The van der Waals surface area contributed by atoms with E-state index in [1.54, 1.807) is 0 Å². The maximum Gasteiger partial charge on any atom is 0.287 e. The summed E-state index contributed by atoms with van der Waals surface area (Å²) < 4.78 is 5.69. The molecule has 0 aromatic heterocycles. The van der Waals surface area contributed by atoms with Gasteiger partial charge in [0, 0.05) is 12.1 Å². The Bertz CT molecular complexity index is 718. The molecule has 0 spiro atoms. The standard InChI is InChI=1S/C15H12N2O3/c1-10-4-3-5-15(11(10)2)20-13-6-7-14(17(18)19)12(8-13)9-16/h3-8H,1-2H3. The number of hydrogen-bond acceptors (Lipinski definition) is 4. The van der Waals surface area contributed by atoms with Crippen molar-refractivity contribution in [2.45, 2.75) is 13.8 Å². The Hall–Kier alpha value is -2.87. The fourth-order valence-corrected chi connectivity index (χ4v) is 1.79. The third-order valence-electron chi connectivity index (χ3n) is 3.07. The smallest absolute Gasteiger partial charge is 0.287 e. The zero-order chi connectivity index (χ0) is 14.7. The van der Waals surface area contributed by atoms with Gasteiger partial charge in [0.2, 0.25) is 0 Å². The van der Waals surface area contributed by atoms with Crippen LogP contribution in [0, 0.1) is 35.3 Å². The number of nitrogens with zero attached hydrogens (tertiary/aromatic N) is 2. The largest absolute Gasteiger partial charge is 0.457 e. The molecule has 100 valence electrons. The summed E-state index contributed by atoms with van der Waals surface area (Å²) in [6, 6.07) is 11.6. The second kappa shape index (κ2) is 5.41. The topological polar surface area (TPSA) is 76.2 Å². The lowest BCUT2D eigenvalue weighted by molar-refractivity contribution is -0.385. The summed E-state index contributed by atoms with van der Waals surface area (Å²) in [6.07, 6.45) is 0. The van der Waals surface area contributed by atoms with Gasteiger partial charge < -0.3 is 4.74 Å². The quantitative estimate of drug-likeness (QED) is 0.625. The van der Waals surface area contributed by atoms with Crippen molar-refractivity contribution in [1.82, 2.24) is 0 Å². The molecule has 0 atom stereocenters. The maximum absolute atomic E-state index is 10.8. The summed E-state index contributed by atoms with van der Waals surface area (Å²) in [7, 11) is 0. The molecule has 0 aliphatic rings. The summed E-state index contributed by atoms with van der Waals surface area (Å²) in [4.78, 5) is 10.2. The van der Waals surface area contributed by atoms with Gasteiger partial charge in [0.15, 0.2) is 0 Å². The zero-order valence-corrected chi connectivity index (χ0v) is 11.1. The van der Waals surface area contributed by atoms with E-state index in [0.29, 0.717) is 11.5 Å². The van der Waals surface area contributed by atoms with Crippen LogP contribution < -0.4 is 4.74 Å². The Labute approximate surface area is 116 Å². The van der Waals surface area contributed by atoms with Gasteiger partial charge in [-0.2, -0.15) is 5.26 Å². The number of ether oxygens (including phenoxy) is 1. The minimum absolute atomic E-state index is 0.0159. The SMILES string of the molecule is Cc1cccc(Oc2ccc([N+](=O)[O-])c(C#N)c2)c1C. The van der Waals surface area contributed by atoms with Crippen molar-refractivity contribution in [2.24, 2.45) is 0 Å². The number of nitro groups is 1. The summed E-state index contributed by atoms with van der Waals surface area (Å²) in [5, 5.41) is 19.7. The van der Waals surface area contributed by atoms with Crippen molar-refractivity contribution in [2.75, 3.05) is 0 Å². The number of aryl methyl sites for hydroxylation is 1. The van der Waals surface area contributed by atoms with Crippen molar-refractivity contribution >= 4 is 5.69 Å². The predicted octanol–water partition coefficient (Wildman–Crippen LogP) is 3.88. The highest BCUT2D eigenvalue weighted by Gasteiger charge is 2.14. The number of hydrogen-bond donors (Lipinski definition) is 0. The van der Waals surface area contributed by atoms with Crippen molar-refractivity contribution in [3.05, 3.63) is 63.2 Å². The minimum Gasteiger partial charge on any atom is -0.457 e. The van der Waals surface area contributed by atoms with Crippen LogP contribution in [-0.2, 0) is 0 Å². The monoisotopic (exact) mass is 268 g/mol. The van der Waals surface area contributed by atoms with Crippen LogP contribution in [0.25, 0.3) is 0 Å². The van der Waals surface area contributed by atoms with Gasteiger partial charge in [-0.05, 0) is 37.1 Å². The molecular weight excluding hydrogens is 256 g/mol. The lowest BCUT2D eigenvalue weighted by atomic mass is 10.1. The first kappa shape index (κ1) is 13.6. The van der Waals surface area contributed by atoms with Crippen molar-refractivity contribution in [1.29, 1.82) is 5.26 Å². The van der Waals surface area contributed by atoms with Crippen molar-refractivity contribution in [3.8, 4) is 17.6 Å². The van der Waals surface area contributed by atoms with Gasteiger partial charge in [-0.15, -0.1) is 0 Å². The third kappa shape index (κ3) is 2.59. The average Bonchev–Trinajstić information content (AvgIpc) is 2.43. The minimum atomic E-state index is -0.583. The van der Waals surface area contributed by atoms with Crippen LogP contribution in [0.15, 0.2) is 36.4 Å². The van der Waals surface area contributed by atoms with Crippen LogP contribution in [0.2, 0.25) is 0 Å².